The van der Waals surface area contributed by atoms with Crippen LogP contribution in [0.5, 0.6) is 11.5 Å². The first-order valence-electron chi connectivity index (χ1n) is 8.23. The molecular weight excluding hydrogens is 366 g/mol. The van der Waals surface area contributed by atoms with E-state index in [0.29, 0.717) is 30.2 Å². The number of aromatic nitrogens is 1. The number of aromatic amines is 1. The van der Waals surface area contributed by atoms with Gasteiger partial charge in [-0.05, 0) is 48.5 Å². The molecule has 0 radical (unpaired) electrons. The van der Waals surface area contributed by atoms with Crippen LogP contribution in [0, 0.1) is 0 Å². The molecular formula is C19H19N3O4S. The number of amides is 1. The van der Waals surface area contributed by atoms with Gasteiger partial charge < -0.3 is 19.8 Å². The standard InChI is InChI=1S/C19H19N3O4S/c1-25-15-6-7-16-13(10-15)11-17(21-16)18(23)20-8-9-26-14-4-2-12(3-5-14)19(27)22-24/h2-7,10-11,21,24H,8-9H2,1H3,(H,20,23)(H,22,27). The highest BCUT2D eigenvalue weighted by atomic mass is 32.1. The first-order valence-corrected chi connectivity index (χ1v) is 8.64. The SMILES string of the molecule is COc1ccc2[nH]c(C(=O)NCCOc3ccc(C(=S)NO)cc3)cc2c1. The van der Waals surface area contributed by atoms with Crippen molar-refractivity contribution in [3.8, 4) is 11.5 Å². The van der Waals surface area contributed by atoms with Crippen LogP contribution < -0.4 is 20.3 Å². The Morgan fingerprint density at radius 1 is 1.15 bits per heavy atom. The van der Waals surface area contributed by atoms with E-state index in [4.69, 9.17) is 26.9 Å². The molecule has 2 aromatic carbocycles. The number of H-pyrrole nitrogens is 1. The number of fused-ring (bicyclic) bond motifs is 1. The number of thiocarbonyl (C=S) groups is 1. The second-order valence-corrected chi connectivity index (χ2v) is 6.11. The van der Waals surface area contributed by atoms with Crippen molar-refractivity contribution in [1.82, 2.24) is 15.8 Å². The van der Waals surface area contributed by atoms with E-state index in [1.54, 1.807) is 37.4 Å². The second-order valence-electron chi connectivity index (χ2n) is 5.71. The number of ether oxygens (including phenoxy) is 2. The molecule has 0 saturated carbocycles. The lowest BCUT2D eigenvalue weighted by molar-refractivity contribution is 0.0943. The number of methoxy groups -OCH3 is 1. The van der Waals surface area contributed by atoms with E-state index in [9.17, 15) is 4.79 Å². The molecule has 0 unspecified atom stereocenters. The van der Waals surface area contributed by atoms with Crippen molar-refractivity contribution >= 4 is 34.0 Å². The summed E-state index contributed by atoms with van der Waals surface area (Å²) in [5.41, 5.74) is 3.96. The predicted molar refractivity (Wildman–Crippen MR) is 106 cm³/mol. The maximum atomic E-state index is 12.3. The van der Waals surface area contributed by atoms with Gasteiger partial charge in [-0.1, -0.05) is 12.2 Å². The van der Waals surface area contributed by atoms with E-state index in [1.807, 2.05) is 23.7 Å². The van der Waals surface area contributed by atoms with E-state index >= 15 is 0 Å². The van der Waals surface area contributed by atoms with Crippen molar-refractivity contribution in [1.29, 1.82) is 0 Å². The molecule has 0 aliphatic heterocycles. The summed E-state index contributed by atoms with van der Waals surface area (Å²) >= 11 is 4.92. The summed E-state index contributed by atoms with van der Waals surface area (Å²) in [7, 11) is 1.60. The molecule has 8 heteroatoms. The Labute approximate surface area is 161 Å². The van der Waals surface area contributed by atoms with Crippen LogP contribution in [0.2, 0.25) is 0 Å². The summed E-state index contributed by atoms with van der Waals surface area (Å²) < 4.78 is 10.8. The highest BCUT2D eigenvalue weighted by Crippen LogP contribution is 2.21. The first kappa shape index (κ1) is 18.7. The lowest BCUT2D eigenvalue weighted by atomic mass is 10.2. The third-order valence-corrected chi connectivity index (χ3v) is 4.27. The van der Waals surface area contributed by atoms with Crippen molar-refractivity contribution in [2.75, 3.05) is 20.3 Å². The van der Waals surface area contributed by atoms with Crippen molar-refractivity contribution in [2.45, 2.75) is 0 Å². The molecule has 0 aliphatic carbocycles. The predicted octanol–water partition coefficient (Wildman–Crippen LogP) is 2.64. The van der Waals surface area contributed by atoms with Gasteiger partial charge in [0.15, 0.2) is 0 Å². The fraction of sp³-hybridized carbons (Fsp3) is 0.158. The number of hydrogen-bond acceptors (Lipinski definition) is 5. The number of hydroxylamine groups is 1. The van der Waals surface area contributed by atoms with E-state index < -0.39 is 0 Å². The van der Waals surface area contributed by atoms with Crippen LogP contribution >= 0.6 is 12.2 Å². The Balaban J connectivity index is 1.50. The average molecular weight is 385 g/mol. The van der Waals surface area contributed by atoms with Crippen molar-refractivity contribution in [3.63, 3.8) is 0 Å². The average Bonchev–Trinajstić information content (AvgIpc) is 3.14. The molecule has 0 bridgehead atoms. The Hall–Kier alpha value is -3.10. The van der Waals surface area contributed by atoms with Crippen molar-refractivity contribution in [2.24, 2.45) is 0 Å². The maximum Gasteiger partial charge on any atom is 0.267 e. The molecule has 1 amide bonds. The lowest BCUT2D eigenvalue weighted by Crippen LogP contribution is -2.28. The zero-order valence-electron chi connectivity index (χ0n) is 14.6. The molecule has 140 valence electrons. The molecule has 0 atom stereocenters. The van der Waals surface area contributed by atoms with E-state index in [0.717, 1.165) is 16.7 Å². The number of carbonyl (C=O) groups is 1. The largest absolute Gasteiger partial charge is 0.497 e. The van der Waals surface area contributed by atoms with Crippen LogP contribution in [-0.2, 0) is 0 Å². The van der Waals surface area contributed by atoms with Gasteiger partial charge in [0, 0.05) is 16.5 Å². The van der Waals surface area contributed by atoms with Crippen molar-refractivity contribution in [3.05, 3.63) is 59.8 Å². The Kier molecular flexibility index (Phi) is 5.90. The Morgan fingerprint density at radius 3 is 2.59 bits per heavy atom. The van der Waals surface area contributed by atoms with Gasteiger partial charge in [-0.25, -0.2) is 0 Å². The lowest BCUT2D eigenvalue weighted by Gasteiger charge is -2.08. The number of nitrogens with one attached hydrogen (secondary N) is 3. The van der Waals surface area contributed by atoms with Gasteiger partial charge in [0.2, 0.25) is 0 Å². The summed E-state index contributed by atoms with van der Waals surface area (Å²) in [4.78, 5) is 15.6. The minimum absolute atomic E-state index is 0.205. The van der Waals surface area contributed by atoms with Gasteiger partial charge in [-0.2, -0.15) is 0 Å². The van der Waals surface area contributed by atoms with Crippen LogP contribution in [0.4, 0.5) is 0 Å². The van der Waals surface area contributed by atoms with Crippen LogP contribution in [0.3, 0.4) is 0 Å². The molecule has 0 aliphatic rings. The number of carbonyl (C=O) groups excluding carboxylic acids is 1. The van der Waals surface area contributed by atoms with E-state index in [2.05, 4.69) is 10.3 Å². The van der Waals surface area contributed by atoms with Gasteiger partial charge in [0.1, 0.15) is 28.8 Å². The summed E-state index contributed by atoms with van der Waals surface area (Å²) in [5.74, 6) is 1.18. The molecule has 3 rings (SSSR count). The topological polar surface area (TPSA) is 95.6 Å². The first-order chi connectivity index (χ1) is 13.1. The summed E-state index contributed by atoms with van der Waals surface area (Å²) in [5, 5.41) is 12.5. The normalized spacial score (nSPS) is 10.4. The molecule has 4 N–H and O–H groups in total. The van der Waals surface area contributed by atoms with Gasteiger partial charge in [-0.3, -0.25) is 15.5 Å². The zero-order chi connectivity index (χ0) is 19.2. The quantitative estimate of drug-likeness (QED) is 0.284. The van der Waals surface area contributed by atoms with Gasteiger partial charge in [0.25, 0.3) is 5.91 Å². The van der Waals surface area contributed by atoms with Crippen molar-refractivity contribution < 1.29 is 19.5 Å². The Bertz CT molecular complexity index is 953. The highest BCUT2D eigenvalue weighted by molar-refractivity contribution is 7.80. The molecule has 1 heterocycles. The Morgan fingerprint density at radius 2 is 1.89 bits per heavy atom. The molecule has 3 aromatic rings. The molecule has 27 heavy (non-hydrogen) atoms. The van der Waals surface area contributed by atoms with Crippen LogP contribution in [-0.4, -0.2) is 41.3 Å². The minimum Gasteiger partial charge on any atom is -0.497 e. The zero-order valence-corrected chi connectivity index (χ0v) is 15.4. The number of hydrogen-bond donors (Lipinski definition) is 4. The van der Waals surface area contributed by atoms with Crippen LogP contribution in [0.25, 0.3) is 10.9 Å². The fourth-order valence-corrected chi connectivity index (χ4v) is 2.69. The van der Waals surface area contributed by atoms with E-state index in [1.165, 1.54) is 0 Å². The second kappa shape index (κ2) is 8.52. The van der Waals surface area contributed by atoms with Gasteiger partial charge >= 0.3 is 0 Å². The van der Waals surface area contributed by atoms with E-state index in [-0.39, 0.29) is 10.9 Å². The molecule has 0 fully saturated rings. The minimum atomic E-state index is -0.205. The van der Waals surface area contributed by atoms with Crippen LogP contribution in [0.15, 0.2) is 48.5 Å². The molecule has 7 nitrogen and oxygen atoms in total. The van der Waals surface area contributed by atoms with Crippen LogP contribution in [0.1, 0.15) is 16.1 Å². The van der Waals surface area contributed by atoms with Gasteiger partial charge in [0.05, 0.1) is 13.7 Å². The monoisotopic (exact) mass is 385 g/mol. The fourth-order valence-electron chi connectivity index (χ4n) is 2.56. The highest BCUT2D eigenvalue weighted by Gasteiger charge is 2.09. The smallest absolute Gasteiger partial charge is 0.267 e. The summed E-state index contributed by atoms with van der Waals surface area (Å²) in [6.07, 6.45) is 0. The van der Waals surface area contributed by atoms with Gasteiger partial charge in [-0.15, -0.1) is 0 Å². The molecule has 1 aromatic heterocycles. The third kappa shape index (κ3) is 4.55. The number of rotatable bonds is 7. The molecule has 0 spiro atoms. The third-order valence-electron chi connectivity index (χ3n) is 3.95. The summed E-state index contributed by atoms with van der Waals surface area (Å²) in [6, 6.07) is 14.3. The number of benzene rings is 2. The maximum absolute atomic E-state index is 12.3. The molecule has 0 saturated heterocycles. The summed E-state index contributed by atoms with van der Waals surface area (Å²) in [6.45, 7) is 0.678.